The van der Waals surface area contributed by atoms with Crippen LogP contribution >= 0.6 is 0 Å². The van der Waals surface area contributed by atoms with Crippen LogP contribution < -0.4 is 0 Å². The van der Waals surface area contributed by atoms with Gasteiger partial charge in [0, 0.05) is 0 Å². The first-order chi connectivity index (χ1) is 12.1. The zero-order valence-electron chi connectivity index (χ0n) is 19.6. The van der Waals surface area contributed by atoms with Crippen molar-refractivity contribution in [2.75, 3.05) is 39.3 Å². The SMILES string of the molecule is CC1=C(C)C(C)(C)[C]([Hf+3])=C1C.CC[N-]CC.CC[N-]CC.CC[N-]CC. The van der Waals surface area contributed by atoms with Crippen molar-refractivity contribution in [1.29, 1.82) is 0 Å². The predicted octanol–water partition coefficient (Wildman–Crippen LogP) is 7.38. The van der Waals surface area contributed by atoms with E-state index in [1.807, 2.05) is 41.5 Å². The minimum atomic E-state index is 0.375. The van der Waals surface area contributed by atoms with Gasteiger partial charge >= 0.3 is 84.5 Å². The van der Waals surface area contributed by atoms with E-state index in [0.717, 1.165) is 39.3 Å². The van der Waals surface area contributed by atoms with E-state index >= 15 is 0 Å². The Balaban J connectivity index is -0.000000300. The molecule has 0 fully saturated rings. The third kappa shape index (κ3) is 14.3. The summed E-state index contributed by atoms with van der Waals surface area (Å²) in [7, 11) is 0. The number of hydrogen-bond acceptors (Lipinski definition) is 0. The van der Waals surface area contributed by atoms with Crippen LogP contribution in [-0.4, -0.2) is 39.3 Å². The molecule has 152 valence electrons. The molecule has 0 bridgehead atoms. The summed E-state index contributed by atoms with van der Waals surface area (Å²) in [6.07, 6.45) is 0. The van der Waals surface area contributed by atoms with E-state index in [2.05, 4.69) is 50.6 Å². The van der Waals surface area contributed by atoms with Gasteiger partial charge in [-0.15, -0.1) is 0 Å². The van der Waals surface area contributed by atoms with Crippen LogP contribution in [0.3, 0.4) is 0 Å². The maximum atomic E-state index is 3.97. The Bertz CT molecular complexity index is 339. The molecule has 0 aliphatic heterocycles. The fourth-order valence-electron chi connectivity index (χ4n) is 2.26. The largest absolute Gasteiger partial charge is 0.663 e. The van der Waals surface area contributed by atoms with E-state index in [1.165, 1.54) is 29.9 Å². The molecule has 0 aromatic carbocycles. The summed E-state index contributed by atoms with van der Waals surface area (Å²) in [6.45, 7) is 29.5. The van der Waals surface area contributed by atoms with E-state index < -0.39 is 0 Å². The van der Waals surface area contributed by atoms with Crippen LogP contribution in [0.5, 0.6) is 0 Å². The first-order valence-corrected chi connectivity index (χ1v) is 11.9. The molecule has 26 heavy (non-hydrogen) atoms. The molecular formula is C22H45HfN3. The summed E-state index contributed by atoms with van der Waals surface area (Å²) in [5.74, 6) is 0. The molecule has 0 atom stereocenters. The number of hydrogen-bond donors (Lipinski definition) is 0. The summed E-state index contributed by atoms with van der Waals surface area (Å²) in [5, 5.41) is 11.9. The van der Waals surface area contributed by atoms with Crippen LogP contribution in [0.2, 0.25) is 0 Å². The van der Waals surface area contributed by atoms with Crippen molar-refractivity contribution in [3.63, 3.8) is 0 Å². The van der Waals surface area contributed by atoms with Gasteiger partial charge < -0.3 is 16.0 Å². The van der Waals surface area contributed by atoms with Gasteiger partial charge in [0.2, 0.25) is 0 Å². The first kappa shape index (κ1) is 30.9. The molecule has 0 heterocycles. The van der Waals surface area contributed by atoms with Gasteiger partial charge in [0.05, 0.1) is 0 Å². The average molecular weight is 530 g/mol. The van der Waals surface area contributed by atoms with Crippen molar-refractivity contribution >= 4 is 0 Å². The van der Waals surface area contributed by atoms with Gasteiger partial charge in [0.25, 0.3) is 0 Å². The minimum absolute atomic E-state index is 0.375. The second-order valence-corrected chi connectivity index (χ2v) is 8.24. The van der Waals surface area contributed by atoms with Gasteiger partial charge in [0.15, 0.2) is 0 Å². The molecule has 4 heteroatoms. The Morgan fingerprint density at radius 3 is 0.923 bits per heavy atom. The second kappa shape index (κ2) is 20.0. The quantitative estimate of drug-likeness (QED) is 0.322. The number of rotatable bonds is 6. The molecule has 0 aromatic heterocycles. The molecule has 1 rings (SSSR count). The Hall–Kier alpha value is 0.230. The van der Waals surface area contributed by atoms with E-state index in [1.54, 1.807) is 14.5 Å². The molecule has 0 spiro atoms. The number of nitrogens with zero attached hydrogens (tertiary/aromatic N) is 3. The van der Waals surface area contributed by atoms with Crippen LogP contribution in [0.25, 0.3) is 16.0 Å². The summed E-state index contributed by atoms with van der Waals surface area (Å²) in [6, 6.07) is 0. The molecule has 1 aliphatic carbocycles. The van der Waals surface area contributed by atoms with Crippen molar-refractivity contribution < 1.29 is 24.4 Å². The molecule has 0 saturated carbocycles. The van der Waals surface area contributed by atoms with Crippen LogP contribution in [0.15, 0.2) is 20.0 Å². The Kier molecular flexibility index (Phi) is 23.8. The van der Waals surface area contributed by atoms with Crippen molar-refractivity contribution in [2.24, 2.45) is 5.41 Å². The van der Waals surface area contributed by atoms with Gasteiger partial charge in [-0.25, -0.2) is 0 Å². The molecule has 1 aliphatic rings. The summed E-state index contributed by atoms with van der Waals surface area (Å²) in [5.41, 5.74) is 5.03. The van der Waals surface area contributed by atoms with Crippen molar-refractivity contribution in [3.05, 3.63) is 36.0 Å². The maximum absolute atomic E-state index is 3.97. The van der Waals surface area contributed by atoms with Gasteiger partial charge in [-0.05, 0) is 0 Å². The van der Waals surface area contributed by atoms with Crippen LogP contribution in [0, 0.1) is 5.41 Å². The van der Waals surface area contributed by atoms with Gasteiger partial charge in [-0.3, -0.25) is 0 Å². The molecule has 0 saturated heterocycles. The molecule has 0 radical (unpaired) electrons. The van der Waals surface area contributed by atoms with Crippen LogP contribution in [0.4, 0.5) is 0 Å². The third-order valence-electron chi connectivity index (χ3n) is 4.40. The van der Waals surface area contributed by atoms with Crippen LogP contribution in [0.1, 0.15) is 76.2 Å². The normalized spacial score (nSPS) is 14.8. The predicted molar refractivity (Wildman–Crippen MR) is 118 cm³/mol. The van der Waals surface area contributed by atoms with E-state index in [-0.39, 0.29) is 0 Å². The maximum Gasteiger partial charge on any atom is -0.0844 e. The fraction of sp³-hybridized carbons (Fsp3) is 0.818. The first-order valence-electron chi connectivity index (χ1n) is 10.1. The van der Waals surface area contributed by atoms with E-state index in [0.29, 0.717) is 5.41 Å². The molecule has 0 N–H and O–H groups in total. The molecule has 0 aromatic rings. The molecule has 0 unspecified atom stereocenters. The van der Waals surface area contributed by atoms with Crippen molar-refractivity contribution in [1.82, 2.24) is 0 Å². The van der Waals surface area contributed by atoms with Crippen molar-refractivity contribution in [3.8, 4) is 0 Å². The summed E-state index contributed by atoms with van der Waals surface area (Å²) < 4.78 is 1.67. The topological polar surface area (TPSA) is 42.3 Å². The fourth-order valence-corrected chi connectivity index (χ4v) is 3.61. The van der Waals surface area contributed by atoms with E-state index in [9.17, 15) is 0 Å². The van der Waals surface area contributed by atoms with Crippen LogP contribution in [-0.2, 0) is 24.4 Å². The van der Waals surface area contributed by atoms with Gasteiger partial charge in [-0.1, -0.05) is 41.5 Å². The monoisotopic (exact) mass is 531 g/mol. The molecular weight excluding hydrogens is 485 g/mol. The Morgan fingerprint density at radius 1 is 0.615 bits per heavy atom. The second-order valence-electron chi connectivity index (χ2n) is 6.44. The zero-order chi connectivity index (χ0) is 21.2. The standard InChI is InChI=1S/C10H15.3C4H10N.Hf/c1-7-6-10(4,5)9(3)8(7)2;3*1-3-5-4-2;/h1-5H3;3*3-4H2,1-2H3;/q;3*-1;+3. The molecule has 3 nitrogen and oxygen atoms in total. The Morgan fingerprint density at radius 2 is 0.885 bits per heavy atom. The minimum Gasteiger partial charge on any atom is -0.663 e. The third-order valence-corrected chi connectivity index (χ3v) is 8.00. The Labute approximate surface area is 180 Å². The summed E-state index contributed by atoms with van der Waals surface area (Å²) in [4.78, 5) is 0. The average Bonchev–Trinajstić information content (AvgIpc) is 2.74. The smallest absolute Gasteiger partial charge is 0.0844 e. The number of allylic oxidation sites excluding steroid dienone is 4. The zero-order valence-corrected chi connectivity index (χ0v) is 23.2. The van der Waals surface area contributed by atoms with E-state index in [4.69, 9.17) is 0 Å². The van der Waals surface area contributed by atoms with Gasteiger partial charge in [-0.2, -0.15) is 39.3 Å². The molecule has 0 amide bonds. The van der Waals surface area contributed by atoms with Gasteiger partial charge in [0.1, 0.15) is 0 Å². The summed E-state index contributed by atoms with van der Waals surface area (Å²) >= 11 is 1.21. The van der Waals surface area contributed by atoms with Crippen molar-refractivity contribution in [2.45, 2.75) is 76.2 Å².